The van der Waals surface area contributed by atoms with Crippen molar-refractivity contribution in [2.24, 2.45) is 0 Å². The molecule has 0 aliphatic heterocycles. The number of unbranched alkanes of at least 4 members (excludes halogenated alkanes) is 14. The quantitative estimate of drug-likeness (QED) is 0.119. The highest BCUT2D eigenvalue weighted by Crippen LogP contribution is 2.37. The third kappa shape index (κ3) is 18.1. The maximum atomic E-state index is 6.49. The zero-order valence-corrected chi connectivity index (χ0v) is 22.1. The van der Waals surface area contributed by atoms with Gasteiger partial charge >= 0.3 is 0 Å². The molecule has 176 valence electrons. The van der Waals surface area contributed by atoms with E-state index in [2.05, 4.69) is 25.7 Å². The van der Waals surface area contributed by atoms with Gasteiger partial charge in [0.25, 0.3) is 0 Å². The number of hydrogen-bond acceptors (Lipinski definition) is 1. The van der Waals surface area contributed by atoms with E-state index in [1.165, 1.54) is 109 Å². The lowest BCUT2D eigenvalue weighted by atomic mass is 10.0. The minimum atomic E-state index is -1.19. The summed E-state index contributed by atoms with van der Waals surface area (Å²) in [5.41, 5.74) is 0. The Labute approximate surface area is 198 Å². The molecule has 0 saturated heterocycles. The van der Waals surface area contributed by atoms with E-state index in [0.717, 1.165) is 19.5 Å². The molecule has 0 aliphatic carbocycles. The van der Waals surface area contributed by atoms with E-state index in [0.29, 0.717) is 0 Å². The van der Waals surface area contributed by atoms with Crippen LogP contribution in [0.5, 0.6) is 0 Å². The van der Waals surface area contributed by atoms with Gasteiger partial charge in [-0.05, 0) is 32.4 Å². The largest absolute Gasteiger partial charge is 0.296 e. The molecule has 0 aromatic heterocycles. The fourth-order valence-corrected chi connectivity index (χ4v) is 4.85. The normalized spacial score (nSPS) is 13.3. The van der Waals surface area contributed by atoms with E-state index in [1.54, 1.807) is 0 Å². The molecule has 0 amide bonds. The third-order valence-corrected chi connectivity index (χ3v) is 6.75. The Morgan fingerprint density at radius 1 is 0.517 bits per heavy atom. The molecule has 0 rings (SSSR count). The van der Waals surface area contributed by atoms with Gasteiger partial charge in [-0.1, -0.05) is 152 Å². The maximum absolute atomic E-state index is 6.49. The first-order valence-corrected chi connectivity index (χ1v) is 13.9. The second-order valence-corrected chi connectivity index (χ2v) is 11.2. The first kappa shape index (κ1) is 29.8. The third-order valence-electron chi connectivity index (χ3n) is 6.00. The van der Waals surface area contributed by atoms with Crippen molar-refractivity contribution in [3.8, 4) is 0 Å². The maximum Gasteiger partial charge on any atom is 0.205 e. The summed E-state index contributed by atoms with van der Waals surface area (Å²) in [7, 11) is 0. The van der Waals surface area contributed by atoms with Crippen molar-refractivity contribution < 1.29 is 0 Å². The van der Waals surface area contributed by atoms with Crippen LogP contribution in [0, 0.1) is 0 Å². The van der Waals surface area contributed by atoms with Crippen LogP contribution in [0.1, 0.15) is 136 Å². The lowest BCUT2D eigenvalue weighted by Gasteiger charge is -2.36. The summed E-state index contributed by atoms with van der Waals surface area (Å²) in [4.78, 5) is 2.52. The fraction of sp³-hybridized carbons (Fsp3) is 1.00. The van der Waals surface area contributed by atoms with Crippen LogP contribution < -0.4 is 0 Å². The van der Waals surface area contributed by atoms with Crippen molar-refractivity contribution in [1.29, 1.82) is 0 Å². The monoisotopic (exact) mass is 469 g/mol. The number of alkyl halides is 3. The molecule has 0 aromatic carbocycles. The van der Waals surface area contributed by atoms with Crippen LogP contribution in [-0.4, -0.2) is 27.8 Å². The van der Waals surface area contributed by atoms with Gasteiger partial charge < -0.3 is 0 Å². The zero-order chi connectivity index (χ0) is 21.8. The molecule has 0 spiro atoms. The number of nitrogens with zero attached hydrogens (tertiary/aromatic N) is 1. The van der Waals surface area contributed by atoms with Gasteiger partial charge in [-0.15, -0.1) is 0 Å². The molecule has 0 aliphatic rings. The molecule has 1 nitrogen and oxygen atoms in total. The predicted molar refractivity (Wildman–Crippen MR) is 136 cm³/mol. The smallest absolute Gasteiger partial charge is 0.205 e. The Kier molecular flexibility index (Phi) is 21.3. The van der Waals surface area contributed by atoms with Gasteiger partial charge in [0, 0.05) is 0 Å². The van der Waals surface area contributed by atoms with Crippen LogP contribution in [0.25, 0.3) is 0 Å². The highest BCUT2D eigenvalue weighted by atomic mass is 35.6. The van der Waals surface area contributed by atoms with Crippen molar-refractivity contribution in [2.75, 3.05) is 13.1 Å². The molecule has 0 saturated carbocycles. The summed E-state index contributed by atoms with van der Waals surface area (Å²) in [6.45, 7) is 8.96. The molecular formula is C25H50Cl3N. The predicted octanol–water partition coefficient (Wildman–Crippen LogP) is 10.1. The Morgan fingerprint density at radius 2 is 0.862 bits per heavy atom. The lowest BCUT2D eigenvalue weighted by molar-refractivity contribution is 0.176. The van der Waals surface area contributed by atoms with E-state index in [1.807, 2.05) is 0 Å². The second kappa shape index (κ2) is 20.7. The summed E-state index contributed by atoms with van der Waals surface area (Å²) in [5.74, 6) is 0. The number of hydrogen-bond donors (Lipinski definition) is 0. The molecule has 1 atom stereocenters. The Balaban J connectivity index is 4.59. The van der Waals surface area contributed by atoms with E-state index in [9.17, 15) is 0 Å². The van der Waals surface area contributed by atoms with Gasteiger partial charge in [-0.25, -0.2) is 0 Å². The summed E-state index contributed by atoms with van der Waals surface area (Å²) < 4.78 is -1.19. The number of rotatable bonds is 21. The summed E-state index contributed by atoms with van der Waals surface area (Å²) in [5, 5.41) is 0. The summed E-state index contributed by atoms with van der Waals surface area (Å²) in [6, 6.07) is 0.0559. The van der Waals surface area contributed by atoms with E-state index >= 15 is 0 Å². The Bertz CT molecular complexity index is 315. The molecule has 29 heavy (non-hydrogen) atoms. The van der Waals surface area contributed by atoms with E-state index in [4.69, 9.17) is 34.8 Å². The summed E-state index contributed by atoms with van der Waals surface area (Å²) in [6.07, 6.45) is 23.1. The molecule has 0 heterocycles. The number of halogens is 3. The van der Waals surface area contributed by atoms with Crippen molar-refractivity contribution >= 4 is 34.8 Å². The molecule has 0 N–H and O–H groups in total. The van der Waals surface area contributed by atoms with Crippen LogP contribution in [-0.2, 0) is 0 Å². The van der Waals surface area contributed by atoms with Crippen molar-refractivity contribution in [2.45, 2.75) is 146 Å². The molecule has 4 heteroatoms. The van der Waals surface area contributed by atoms with Gasteiger partial charge in [0.1, 0.15) is 0 Å². The van der Waals surface area contributed by atoms with E-state index in [-0.39, 0.29) is 6.04 Å². The SMILES string of the molecule is CCCCCCCCN(CCCCCCCC)C(CCCCCCC)C(Cl)(Cl)Cl. The molecular weight excluding hydrogens is 421 g/mol. The van der Waals surface area contributed by atoms with Crippen molar-refractivity contribution in [1.82, 2.24) is 4.90 Å². The van der Waals surface area contributed by atoms with Crippen LogP contribution in [0.4, 0.5) is 0 Å². The lowest BCUT2D eigenvalue weighted by Crippen LogP contribution is -2.45. The Hall–Kier alpha value is 0.830. The van der Waals surface area contributed by atoms with Crippen LogP contribution in [0.15, 0.2) is 0 Å². The second-order valence-electron chi connectivity index (χ2n) is 8.83. The van der Waals surface area contributed by atoms with Gasteiger partial charge in [-0.2, -0.15) is 0 Å². The summed E-state index contributed by atoms with van der Waals surface area (Å²) >= 11 is 19.5. The minimum absolute atomic E-state index is 0.0559. The average molecular weight is 471 g/mol. The first-order chi connectivity index (χ1) is 14.0. The molecule has 0 radical (unpaired) electrons. The van der Waals surface area contributed by atoms with Crippen LogP contribution in [0.3, 0.4) is 0 Å². The first-order valence-electron chi connectivity index (χ1n) is 12.8. The van der Waals surface area contributed by atoms with Gasteiger partial charge in [-0.3, -0.25) is 4.90 Å². The van der Waals surface area contributed by atoms with Crippen LogP contribution in [0.2, 0.25) is 0 Å². The van der Waals surface area contributed by atoms with Gasteiger partial charge in [0.05, 0.1) is 6.04 Å². The van der Waals surface area contributed by atoms with Gasteiger partial charge in [0.15, 0.2) is 0 Å². The topological polar surface area (TPSA) is 3.24 Å². The highest BCUT2D eigenvalue weighted by Gasteiger charge is 2.36. The Morgan fingerprint density at radius 3 is 1.24 bits per heavy atom. The van der Waals surface area contributed by atoms with Crippen molar-refractivity contribution in [3.05, 3.63) is 0 Å². The molecule has 1 unspecified atom stereocenters. The fourth-order valence-electron chi connectivity index (χ4n) is 4.11. The molecule has 0 fully saturated rings. The minimum Gasteiger partial charge on any atom is -0.296 e. The molecule has 0 bridgehead atoms. The zero-order valence-electron chi connectivity index (χ0n) is 19.8. The van der Waals surface area contributed by atoms with Crippen molar-refractivity contribution in [3.63, 3.8) is 0 Å². The standard InChI is InChI=1S/C25H50Cl3N/c1-4-7-10-13-16-19-22-29(23-20-17-14-11-8-5-2)24(25(26,27)28)21-18-15-12-9-6-3/h24H,4-23H2,1-3H3. The van der Waals surface area contributed by atoms with Crippen LogP contribution >= 0.6 is 34.8 Å². The van der Waals surface area contributed by atoms with Gasteiger partial charge in [0.2, 0.25) is 3.79 Å². The molecule has 0 aromatic rings. The average Bonchev–Trinajstić information content (AvgIpc) is 2.68. The highest BCUT2D eigenvalue weighted by molar-refractivity contribution is 6.68. The van der Waals surface area contributed by atoms with E-state index < -0.39 is 3.79 Å².